The van der Waals surface area contributed by atoms with E-state index in [0.717, 1.165) is 21.3 Å². The highest BCUT2D eigenvalue weighted by atomic mass is 79.9. The fourth-order valence-electron chi connectivity index (χ4n) is 2.36. The molecule has 2 aromatic carbocycles. The zero-order valence-electron chi connectivity index (χ0n) is 13.7. The van der Waals surface area contributed by atoms with Crippen molar-refractivity contribution in [2.75, 3.05) is 13.2 Å². The first-order valence-electron chi connectivity index (χ1n) is 7.68. The number of rotatable bonds is 6. The number of carbonyl (C=O) groups is 1. The van der Waals surface area contributed by atoms with Crippen molar-refractivity contribution in [1.29, 1.82) is 0 Å². The lowest BCUT2D eigenvalue weighted by Crippen LogP contribution is -2.31. The number of ether oxygens (including phenoxy) is 1. The minimum atomic E-state index is -0.106. The van der Waals surface area contributed by atoms with Crippen LogP contribution in [0.1, 0.15) is 29.5 Å². The summed E-state index contributed by atoms with van der Waals surface area (Å²) in [6.45, 7) is 6.74. The molecule has 0 aliphatic rings. The molecule has 4 heteroatoms. The topological polar surface area (TPSA) is 38.3 Å². The summed E-state index contributed by atoms with van der Waals surface area (Å²) in [4.78, 5) is 11.9. The average Bonchev–Trinajstić information content (AvgIpc) is 2.56. The van der Waals surface area contributed by atoms with E-state index >= 15 is 0 Å². The quantitative estimate of drug-likeness (QED) is 0.813. The maximum absolute atomic E-state index is 11.9. The van der Waals surface area contributed by atoms with Gasteiger partial charge < -0.3 is 10.1 Å². The zero-order valence-corrected chi connectivity index (χ0v) is 15.3. The van der Waals surface area contributed by atoms with Crippen LogP contribution in [0, 0.1) is 13.8 Å². The van der Waals surface area contributed by atoms with Crippen LogP contribution in [-0.2, 0) is 4.79 Å². The van der Waals surface area contributed by atoms with Crippen LogP contribution >= 0.6 is 15.9 Å². The molecule has 0 aliphatic heterocycles. The summed E-state index contributed by atoms with van der Waals surface area (Å²) in [7, 11) is 0. The van der Waals surface area contributed by atoms with Crippen molar-refractivity contribution in [3.05, 3.63) is 63.6 Å². The summed E-state index contributed by atoms with van der Waals surface area (Å²) >= 11 is 3.52. The maximum atomic E-state index is 11.9. The van der Waals surface area contributed by atoms with E-state index in [1.807, 2.05) is 44.2 Å². The molecular formula is C19H22BrNO2. The molecule has 1 N–H and O–H groups in total. The number of hydrogen-bond acceptors (Lipinski definition) is 2. The Morgan fingerprint density at radius 3 is 2.39 bits per heavy atom. The average molecular weight is 376 g/mol. The van der Waals surface area contributed by atoms with Crippen molar-refractivity contribution in [2.24, 2.45) is 0 Å². The first-order chi connectivity index (χ1) is 11.0. The normalized spacial score (nSPS) is 11.8. The van der Waals surface area contributed by atoms with Gasteiger partial charge in [-0.05, 0) is 48.6 Å². The van der Waals surface area contributed by atoms with E-state index in [0.29, 0.717) is 6.54 Å². The molecule has 0 aliphatic carbocycles. The van der Waals surface area contributed by atoms with E-state index in [4.69, 9.17) is 4.74 Å². The van der Waals surface area contributed by atoms with Crippen LogP contribution in [0.2, 0.25) is 0 Å². The largest absolute Gasteiger partial charge is 0.484 e. The fraction of sp³-hybridized carbons (Fsp3) is 0.316. The Morgan fingerprint density at radius 2 is 1.78 bits per heavy atom. The van der Waals surface area contributed by atoms with Gasteiger partial charge in [0, 0.05) is 11.0 Å². The second kappa shape index (κ2) is 8.16. The van der Waals surface area contributed by atoms with Crippen molar-refractivity contribution in [3.8, 4) is 5.75 Å². The Kier molecular flexibility index (Phi) is 6.22. The Labute approximate surface area is 146 Å². The second-order valence-corrected chi connectivity index (χ2v) is 6.57. The molecule has 0 saturated heterocycles. The van der Waals surface area contributed by atoms with Crippen molar-refractivity contribution in [1.82, 2.24) is 5.32 Å². The van der Waals surface area contributed by atoms with Gasteiger partial charge in [0.1, 0.15) is 5.75 Å². The van der Waals surface area contributed by atoms with Gasteiger partial charge in [-0.2, -0.15) is 0 Å². The van der Waals surface area contributed by atoms with Crippen LogP contribution in [-0.4, -0.2) is 19.1 Å². The summed E-state index contributed by atoms with van der Waals surface area (Å²) in [6, 6.07) is 14.0. The minimum absolute atomic E-state index is 0.0298. The predicted octanol–water partition coefficient (Wildman–Crippen LogP) is 4.36. The Hall–Kier alpha value is -1.81. The third-order valence-corrected chi connectivity index (χ3v) is 5.00. The Bertz CT molecular complexity index is 647. The van der Waals surface area contributed by atoms with Gasteiger partial charge in [-0.15, -0.1) is 0 Å². The zero-order chi connectivity index (χ0) is 16.8. The lowest BCUT2D eigenvalue weighted by atomic mass is 10.0. The van der Waals surface area contributed by atoms with E-state index < -0.39 is 0 Å². The first kappa shape index (κ1) is 17.5. The van der Waals surface area contributed by atoms with E-state index in [1.165, 1.54) is 5.56 Å². The molecule has 0 radical (unpaired) electrons. The molecule has 0 fully saturated rings. The minimum Gasteiger partial charge on any atom is -0.484 e. The van der Waals surface area contributed by atoms with Crippen molar-refractivity contribution < 1.29 is 9.53 Å². The second-order valence-electron chi connectivity index (χ2n) is 5.78. The van der Waals surface area contributed by atoms with E-state index in [-0.39, 0.29) is 18.4 Å². The summed E-state index contributed by atoms with van der Waals surface area (Å²) in [5.74, 6) is 0.887. The van der Waals surface area contributed by atoms with Crippen LogP contribution in [0.15, 0.2) is 46.9 Å². The number of nitrogens with one attached hydrogen (secondary N) is 1. The highest BCUT2D eigenvalue weighted by molar-refractivity contribution is 9.10. The van der Waals surface area contributed by atoms with Gasteiger partial charge in [-0.3, -0.25) is 4.79 Å². The molecule has 1 amide bonds. The van der Waals surface area contributed by atoms with Gasteiger partial charge in [0.05, 0.1) is 0 Å². The number of aryl methyl sites for hydroxylation is 2. The SMILES string of the molecule is Cc1cc(OCC(=O)NC[C@@H](C)c2ccccc2)cc(C)c1Br. The molecule has 122 valence electrons. The van der Waals surface area contributed by atoms with Crippen LogP contribution < -0.4 is 10.1 Å². The molecule has 0 bridgehead atoms. The summed E-state index contributed by atoms with van der Waals surface area (Å²) in [5.41, 5.74) is 3.41. The molecule has 0 heterocycles. The molecule has 23 heavy (non-hydrogen) atoms. The summed E-state index contributed by atoms with van der Waals surface area (Å²) in [5, 5.41) is 2.92. The smallest absolute Gasteiger partial charge is 0.257 e. The van der Waals surface area contributed by atoms with Crippen LogP contribution in [0.3, 0.4) is 0 Å². The third-order valence-electron chi connectivity index (χ3n) is 3.75. The van der Waals surface area contributed by atoms with Gasteiger partial charge in [0.25, 0.3) is 5.91 Å². The van der Waals surface area contributed by atoms with Crippen LogP contribution in [0.25, 0.3) is 0 Å². The van der Waals surface area contributed by atoms with Crippen molar-refractivity contribution in [3.63, 3.8) is 0 Å². The standard InChI is InChI=1S/C19H22BrNO2/c1-13-9-17(10-14(2)19(13)20)23-12-18(22)21-11-15(3)16-7-5-4-6-8-16/h4-10,15H,11-12H2,1-3H3,(H,21,22)/t15-/m1/s1. The first-order valence-corrected chi connectivity index (χ1v) is 8.48. The van der Waals surface area contributed by atoms with E-state index in [2.05, 4.69) is 40.3 Å². The highest BCUT2D eigenvalue weighted by Gasteiger charge is 2.09. The van der Waals surface area contributed by atoms with Crippen LogP contribution in [0.4, 0.5) is 0 Å². The third kappa shape index (κ3) is 5.10. The van der Waals surface area contributed by atoms with Gasteiger partial charge in [0.2, 0.25) is 0 Å². The lowest BCUT2D eigenvalue weighted by Gasteiger charge is -2.14. The maximum Gasteiger partial charge on any atom is 0.257 e. The Balaban J connectivity index is 1.81. The van der Waals surface area contributed by atoms with Crippen molar-refractivity contribution >= 4 is 21.8 Å². The Morgan fingerprint density at radius 1 is 1.17 bits per heavy atom. The van der Waals surface area contributed by atoms with Gasteiger partial charge >= 0.3 is 0 Å². The summed E-state index contributed by atoms with van der Waals surface area (Å²) in [6.07, 6.45) is 0. The van der Waals surface area contributed by atoms with Gasteiger partial charge in [0.15, 0.2) is 6.61 Å². The molecule has 1 atom stereocenters. The fourth-order valence-corrected chi connectivity index (χ4v) is 2.58. The predicted molar refractivity (Wildman–Crippen MR) is 97.0 cm³/mol. The van der Waals surface area contributed by atoms with Crippen LogP contribution in [0.5, 0.6) is 5.75 Å². The van der Waals surface area contributed by atoms with Gasteiger partial charge in [-0.25, -0.2) is 0 Å². The highest BCUT2D eigenvalue weighted by Crippen LogP contribution is 2.26. The van der Waals surface area contributed by atoms with Crippen molar-refractivity contribution in [2.45, 2.75) is 26.7 Å². The van der Waals surface area contributed by atoms with E-state index in [9.17, 15) is 4.79 Å². The molecule has 0 unspecified atom stereocenters. The molecule has 0 spiro atoms. The summed E-state index contributed by atoms with van der Waals surface area (Å²) < 4.78 is 6.66. The monoisotopic (exact) mass is 375 g/mol. The molecule has 2 aromatic rings. The number of hydrogen-bond donors (Lipinski definition) is 1. The number of carbonyl (C=O) groups excluding carboxylic acids is 1. The van der Waals surface area contributed by atoms with Gasteiger partial charge in [-0.1, -0.05) is 53.2 Å². The number of benzene rings is 2. The molecule has 0 aromatic heterocycles. The lowest BCUT2D eigenvalue weighted by molar-refractivity contribution is -0.123. The molecule has 2 rings (SSSR count). The molecule has 3 nitrogen and oxygen atoms in total. The molecular weight excluding hydrogens is 354 g/mol. The molecule has 0 saturated carbocycles. The van der Waals surface area contributed by atoms with E-state index in [1.54, 1.807) is 0 Å². The number of amides is 1. The number of halogens is 1.